The molecule has 5 heteroatoms. The molecule has 3 rings (SSSR count). The first-order valence-electron chi connectivity index (χ1n) is 7.58. The highest BCUT2D eigenvalue weighted by Crippen LogP contribution is 2.31. The van der Waals surface area contributed by atoms with Gasteiger partial charge in [-0.15, -0.1) is 0 Å². The quantitative estimate of drug-likeness (QED) is 0.924. The Morgan fingerprint density at radius 3 is 2.38 bits per heavy atom. The van der Waals surface area contributed by atoms with Crippen LogP contribution in [0.1, 0.15) is 24.5 Å². The van der Waals surface area contributed by atoms with Crippen molar-refractivity contribution in [3.63, 3.8) is 0 Å². The number of aliphatic hydroxyl groups is 1. The summed E-state index contributed by atoms with van der Waals surface area (Å²) >= 11 is 5.86. The predicted molar refractivity (Wildman–Crippen MR) is 82.2 cm³/mol. The van der Waals surface area contributed by atoms with E-state index in [4.69, 9.17) is 11.6 Å². The van der Waals surface area contributed by atoms with Gasteiger partial charge in [0.25, 0.3) is 0 Å². The first-order valence-corrected chi connectivity index (χ1v) is 7.96. The molecule has 0 bridgehead atoms. The molecule has 114 valence electrons. The SMILES string of the molecule is O=C(C1CC1)N1CCN(CC(O)c2ccc(Cl)cc2)CC1. The summed E-state index contributed by atoms with van der Waals surface area (Å²) in [6, 6.07) is 7.32. The Kier molecular flexibility index (Phi) is 4.48. The topological polar surface area (TPSA) is 43.8 Å². The highest BCUT2D eigenvalue weighted by Gasteiger charge is 2.34. The Labute approximate surface area is 130 Å². The molecule has 21 heavy (non-hydrogen) atoms. The van der Waals surface area contributed by atoms with Crippen molar-refractivity contribution in [3.05, 3.63) is 34.9 Å². The van der Waals surface area contributed by atoms with Crippen LogP contribution in [-0.4, -0.2) is 53.5 Å². The third-order valence-electron chi connectivity index (χ3n) is 4.30. The lowest BCUT2D eigenvalue weighted by Gasteiger charge is -2.35. The average molecular weight is 309 g/mol. The van der Waals surface area contributed by atoms with Crippen LogP contribution in [0.25, 0.3) is 0 Å². The zero-order valence-electron chi connectivity index (χ0n) is 12.0. The van der Waals surface area contributed by atoms with Crippen molar-refractivity contribution < 1.29 is 9.90 Å². The molecule has 0 aromatic heterocycles. The van der Waals surface area contributed by atoms with Crippen LogP contribution in [0.3, 0.4) is 0 Å². The minimum Gasteiger partial charge on any atom is -0.387 e. The maximum Gasteiger partial charge on any atom is 0.225 e. The zero-order chi connectivity index (χ0) is 14.8. The highest BCUT2D eigenvalue weighted by molar-refractivity contribution is 6.30. The van der Waals surface area contributed by atoms with E-state index in [-0.39, 0.29) is 0 Å². The molecular weight excluding hydrogens is 288 g/mol. The zero-order valence-corrected chi connectivity index (χ0v) is 12.8. The number of hydrogen-bond acceptors (Lipinski definition) is 3. The molecule has 4 nitrogen and oxygen atoms in total. The van der Waals surface area contributed by atoms with Crippen molar-refractivity contribution in [3.8, 4) is 0 Å². The van der Waals surface area contributed by atoms with Gasteiger partial charge in [-0.3, -0.25) is 9.69 Å². The van der Waals surface area contributed by atoms with Crippen molar-refractivity contribution in [1.29, 1.82) is 0 Å². The standard InChI is InChI=1S/C16H21ClN2O2/c17-14-5-3-12(4-6-14)15(20)11-18-7-9-19(10-8-18)16(21)13-1-2-13/h3-6,13,15,20H,1-2,7-11H2. The van der Waals surface area contributed by atoms with Crippen LogP contribution in [0.4, 0.5) is 0 Å². The van der Waals surface area contributed by atoms with Gasteiger partial charge in [0.15, 0.2) is 0 Å². The van der Waals surface area contributed by atoms with Crippen molar-refractivity contribution >= 4 is 17.5 Å². The van der Waals surface area contributed by atoms with E-state index in [1.807, 2.05) is 17.0 Å². The number of nitrogens with zero attached hydrogens (tertiary/aromatic N) is 2. The third-order valence-corrected chi connectivity index (χ3v) is 4.55. The molecule has 1 unspecified atom stereocenters. The van der Waals surface area contributed by atoms with E-state index < -0.39 is 6.10 Å². The molecule has 1 atom stereocenters. The van der Waals surface area contributed by atoms with E-state index in [0.29, 0.717) is 23.4 Å². The number of β-amino-alcohol motifs (C(OH)–C–C–N with tert-alkyl or cyclic N) is 1. The Morgan fingerprint density at radius 2 is 1.81 bits per heavy atom. The van der Waals surface area contributed by atoms with Crippen LogP contribution in [0.2, 0.25) is 5.02 Å². The van der Waals surface area contributed by atoms with E-state index in [0.717, 1.165) is 44.6 Å². The summed E-state index contributed by atoms with van der Waals surface area (Å²) in [7, 11) is 0. The Bertz CT molecular complexity index is 494. The summed E-state index contributed by atoms with van der Waals surface area (Å²) in [6.45, 7) is 3.84. The van der Waals surface area contributed by atoms with Crippen molar-refractivity contribution in [2.45, 2.75) is 18.9 Å². The number of carbonyl (C=O) groups is 1. The number of benzene rings is 1. The molecule has 1 heterocycles. The second-order valence-corrected chi connectivity index (χ2v) is 6.40. The van der Waals surface area contributed by atoms with Gasteiger partial charge in [0.2, 0.25) is 5.91 Å². The molecule has 2 aliphatic rings. The molecular formula is C16H21ClN2O2. The van der Waals surface area contributed by atoms with Crippen LogP contribution in [0, 0.1) is 5.92 Å². The first kappa shape index (κ1) is 14.8. The van der Waals surface area contributed by atoms with Crippen LogP contribution >= 0.6 is 11.6 Å². The Balaban J connectivity index is 1.48. The van der Waals surface area contributed by atoms with Crippen molar-refractivity contribution in [1.82, 2.24) is 9.80 Å². The number of amides is 1. The monoisotopic (exact) mass is 308 g/mol. The van der Waals surface area contributed by atoms with Crippen LogP contribution in [0.15, 0.2) is 24.3 Å². The van der Waals surface area contributed by atoms with Gasteiger partial charge in [-0.25, -0.2) is 0 Å². The molecule has 1 saturated carbocycles. The molecule has 0 radical (unpaired) electrons. The molecule has 1 aromatic carbocycles. The van der Waals surface area contributed by atoms with Gasteiger partial charge < -0.3 is 10.0 Å². The Morgan fingerprint density at radius 1 is 1.19 bits per heavy atom. The van der Waals surface area contributed by atoms with E-state index in [1.54, 1.807) is 12.1 Å². The van der Waals surface area contributed by atoms with Crippen molar-refractivity contribution in [2.24, 2.45) is 5.92 Å². The van der Waals surface area contributed by atoms with Gasteiger partial charge >= 0.3 is 0 Å². The van der Waals surface area contributed by atoms with Crippen molar-refractivity contribution in [2.75, 3.05) is 32.7 Å². The number of rotatable bonds is 4. The summed E-state index contributed by atoms with van der Waals surface area (Å²) in [5.74, 6) is 0.629. The van der Waals surface area contributed by atoms with Crippen LogP contribution in [-0.2, 0) is 4.79 Å². The molecule has 1 amide bonds. The summed E-state index contributed by atoms with van der Waals surface area (Å²) < 4.78 is 0. The fourth-order valence-electron chi connectivity index (χ4n) is 2.77. The van der Waals surface area contributed by atoms with Gasteiger partial charge in [0, 0.05) is 43.7 Å². The van der Waals surface area contributed by atoms with E-state index in [1.165, 1.54) is 0 Å². The molecule has 1 aromatic rings. The normalized spacial score (nSPS) is 21.3. The Hall–Kier alpha value is -1.10. The summed E-state index contributed by atoms with van der Waals surface area (Å²) in [5, 5.41) is 11.0. The first-order chi connectivity index (χ1) is 10.1. The second kappa shape index (κ2) is 6.34. The maximum atomic E-state index is 12.0. The van der Waals surface area contributed by atoms with Gasteiger partial charge in [-0.05, 0) is 30.5 Å². The predicted octanol–water partition coefficient (Wildman–Crippen LogP) is 1.93. The lowest BCUT2D eigenvalue weighted by atomic mass is 10.1. The minimum atomic E-state index is -0.507. The number of piperazine rings is 1. The third kappa shape index (κ3) is 3.76. The maximum absolute atomic E-state index is 12.0. The van der Waals surface area contributed by atoms with Gasteiger partial charge in [-0.1, -0.05) is 23.7 Å². The molecule has 1 aliphatic carbocycles. The highest BCUT2D eigenvalue weighted by atomic mass is 35.5. The lowest BCUT2D eigenvalue weighted by Crippen LogP contribution is -2.50. The van der Waals surface area contributed by atoms with Crippen LogP contribution < -0.4 is 0 Å². The minimum absolute atomic E-state index is 0.302. The fourth-order valence-corrected chi connectivity index (χ4v) is 2.90. The largest absolute Gasteiger partial charge is 0.387 e. The molecule has 1 saturated heterocycles. The van der Waals surface area contributed by atoms with E-state index in [9.17, 15) is 9.90 Å². The van der Waals surface area contributed by atoms with E-state index >= 15 is 0 Å². The second-order valence-electron chi connectivity index (χ2n) is 5.97. The average Bonchev–Trinajstić information content (AvgIpc) is 3.32. The summed E-state index contributed by atoms with van der Waals surface area (Å²) in [5.41, 5.74) is 0.885. The van der Waals surface area contributed by atoms with Gasteiger partial charge in [0.1, 0.15) is 0 Å². The van der Waals surface area contributed by atoms with Gasteiger partial charge in [0.05, 0.1) is 6.10 Å². The molecule has 2 fully saturated rings. The van der Waals surface area contributed by atoms with Crippen LogP contribution in [0.5, 0.6) is 0 Å². The molecule has 1 aliphatic heterocycles. The summed E-state index contributed by atoms with van der Waals surface area (Å²) in [4.78, 5) is 16.2. The smallest absolute Gasteiger partial charge is 0.225 e. The number of carbonyl (C=O) groups excluding carboxylic acids is 1. The number of hydrogen-bond donors (Lipinski definition) is 1. The number of aliphatic hydroxyl groups excluding tert-OH is 1. The lowest BCUT2D eigenvalue weighted by molar-refractivity contribution is -0.134. The molecule has 0 spiro atoms. The molecule has 1 N–H and O–H groups in total. The van der Waals surface area contributed by atoms with Gasteiger partial charge in [-0.2, -0.15) is 0 Å². The van der Waals surface area contributed by atoms with E-state index in [2.05, 4.69) is 4.90 Å². The fraction of sp³-hybridized carbons (Fsp3) is 0.562. The summed E-state index contributed by atoms with van der Waals surface area (Å²) in [6.07, 6.45) is 1.62. The number of halogens is 1.